The average molecular weight is 545 g/mol. The number of nitrogens with zero attached hydrogens (tertiary/aromatic N) is 1. The van der Waals surface area contributed by atoms with Crippen LogP contribution in [0.4, 0.5) is 11.4 Å². The highest BCUT2D eigenvalue weighted by molar-refractivity contribution is 6.22. The fraction of sp³-hybridized carbons (Fsp3) is 0.455. The Bertz CT molecular complexity index is 1250. The lowest BCUT2D eigenvalue weighted by atomic mass is 9.82. The van der Waals surface area contributed by atoms with Crippen LogP contribution in [0.3, 0.4) is 0 Å². The first-order valence-corrected chi connectivity index (χ1v) is 14.6. The van der Waals surface area contributed by atoms with E-state index in [4.69, 9.17) is 4.74 Å². The largest absolute Gasteiger partial charge is 0.462 e. The number of amides is 3. The summed E-state index contributed by atoms with van der Waals surface area (Å²) in [6, 6.07) is 13.1. The number of anilines is 2. The molecule has 7 nitrogen and oxygen atoms in total. The van der Waals surface area contributed by atoms with Crippen LogP contribution in [0.1, 0.15) is 98.8 Å². The number of nitrogens with one attached hydrogen (secondary N) is 1. The fourth-order valence-corrected chi connectivity index (χ4v) is 5.46. The number of unbranched alkanes of at least 4 members (excludes halogenated alkanes) is 7. The van der Waals surface area contributed by atoms with E-state index in [0.29, 0.717) is 42.0 Å². The van der Waals surface area contributed by atoms with Crippen molar-refractivity contribution in [2.75, 3.05) is 16.8 Å². The Morgan fingerprint density at radius 3 is 2.27 bits per heavy atom. The third-order valence-electron chi connectivity index (χ3n) is 7.80. The van der Waals surface area contributed by atoms with Crippen LogP contribution in [0.15, 0.2) is 60.2 Å². The zero-order valence-corrected chi connectivity index (χ0v) is 23.6. The molecule has 1 saturated heterocycles. The topological polar surface area (TPSA) is 92.8 Å². The van der Waals surface area contributed by atoms with Crippen molar-refractivity contribution in [3.05, 3.63) is 71.3 Å². The number of allylic oxidation sites excluding steroid dienone is 2. The van der Waals surface area contributed by atoms with E-state index in [2.05, 4.69) is 12.2 Å². The Labute approximate surface area is 237 Å². The number of fused-ring (bicyclic) bond motifs is 1. The quantitative estimate of drug-likeness (QED) is 0.126. The molecule has 2 aromatic carbocycles. The monoisotopic (exact) mass is 544 g/mol. The first-order valence-electron chi connectivity index (χ1n) is 14.6. The van der Waals surface area contributed by atoms with Crippen LogP contribution >= 0.6 is 0 Å². The normalized spacial score (nSPS) is 18.4. The van der Waals surface area contributed by atoms with Gasteiger partial charge in [0.25, 0.3) is 5.91 Å². The highest BCUT2D eigenvalue weighted by Gasteiger charge is 2.48. The molecule has 0 saturated carbocycles. The van der Waals surface area contributed by atoms with Gasteiger partial charge in [-0.1, -0.05) is 69.6 Å². The summed E-state index contributed by atoms with van der Waals surface area (Å²) < 4.78 is 5.39. The number of imide groups is 1. The number of benzene rings is 2. The first kappa shape index (κ1) is 29.2. The number of esters is 1. The molecule has 1 aliphatic carbocycles. The third kappa shape index (κ3) is 7.26. The number of hydrogen-bond donors (Lipinski definition) is 1. The molecule has 4 rings (SSSR count). The lowest BCUT2D eigenvalue weighted by Gasteiger charge is -2.18. The van der Waals surface area contributed by atoms with Crippen LogP contribution < -0.4 is 10.2 Å². The molecular weight excluding hydrogens is 504 g/mol. The van der Waals surface area contributed by atoms with Gasteiger partial charge < -0.3 is 10.1 Å². The Morgan fingerprint density at radius 2 is 1.55 bits per heavy atom. The molecule has 1 fully saturated rings. The van der Waals surface area contributed by atoms with Crippen LogP contribution in [-0.4, -0.2) is 30.3 Å². The Kier molecular flexibility index (Phi) is 10.3. The summed E-state index contributed by atoms with van der Waals surface area (Å²) in [5.41, 5.74) is 2.81. The Balaban J connectivity index is 1.26. The number of carbonyl (C=O) groups is 4. The van der Waals surface area contributed by atoms with Gasteiger partial charge in [-0.05, 0) is 68.7 Å². The zero-order valence-electron chi connectivity index (χ0n) is 23.6. The van der Waals surface area contributed by atoms with Gasteiger partial charge in [0.2, 0.25) is 11.8 Å². The summed E-state index contributed by atoms with van der Waals surface area (Å²) in [5, 5.41) is 2.82. The predicted octanol–water partition coefficient (Wildman–Crippen LogP) is 7.08. The van der Waals surface area contributed by atoms with E-state index in [1.54, 1.807) is 48.5 Å². The fourth-order valence-electron chi connectivity index (χ4n) is 5.46. The zero-order chi connectivity index (χ0) is 28.5. The van der Waals surface area contributed by atoms with Crippen molar-refractivity contribution in [3.8, 4) is 0 Å². The van der Waals surface area contributed by atoms with Gasteiger partial charge in [-0.25, -0.2) is 4.79 Å². The molecule has 3 amide bonds. The van der Waals surface area contributed by atoms with Gasteiger partial charge in [-0.3, -0.25) is 19.3 Å². The lowest BCUT2D eigenvalue weighted by Crippen LogP contribution is -2.31. The van der Waals surface area contributed by atoms with Gasteiger partial charge in [-0.2, -0.15) is 0 Å². The Morgan fingerprint density at radius 1 is 0.875 bits per heavy atom. The number of carbonyl (C=O) groups excluding carboxylic acids is 4. The van der Waals surface area contributed by atoms with Crippen LogP contribution in [-0.2, 0) is 14.3 Å². The van der Waals surface area contributed by atoms with Gasteiger partial charge in [0.15, 0.2) is 0 Å². The lowest BCUT2D eigenvalue weighted by molar-refractivity contribution is -0.122. The molecule has 40 heavy (non-hydrogen) atoms. The maximum atomic E-state index is 13.1. The maximum absolute atomic E-state index is 13.1. The standard InChI is InChI=1S/C33H40N2O5/c1-3-4-5-6-7-8-9-10-20-40-33(39)24-15-17-26(18-16-24)34-30(36)25-12-11-13-27(22-25)35-31(37)28-19-14-23(2)21-29(28)32(35)38/h11-18,22,28-29H,3-10,19-21H2,1-2H3,(H,34,36)/t28-,29-/m1/s1. The minimum Gasteiger partial charge on any atom is -0.462 e. The molecule has 0 aromatic heterocycles. The van der Waals surface area contributed by atoms with Crippen molar-refractivity contribution in [2.45, 2.75) is 78.1 Å². The summed E-state index contributed by atoms with van der Waals surface area (Å²) in [6.45, 7) is 4.60. The minimum absolute atomic E-state index is 0.204. The maximum Gasteiger partial charge on any atom is 0.338 e. The van der Waals surface area contributed by atoms with E-state index < -0.39 is 0 Å². The van der Waals surface area contributed by atoms with Crippen molar-refractivity contribution < 1.29 is 23.9 Å². The molecule has 2 atom stereocenters. The molecule has 0 bridgehead atoms. The molecule has 7 heteroatoms. The average Bonchev–Trinajstić information content (AvgIpc) is 3.21. The summed E-state index contributed by atoms with van der Waals surface area (Å²) in [7, 11) is 0. The molecule has 212 valence electrons. The minimum atomic E-state index is -0.376. The molecule has 0 spiro atoms. The van der Waals surface area contributed by atoms with E-state index in [0.717, 1.165) is 18.4 Å². The second kappa shape index (κ2) is 14.1. The number of hydrogen-bond acceptors (Lipinski definition) is 5. The first-order chi connectivity index (χ1) is 19.4. The van der Waals surface area contributed by atoms with Crippen molar-refractivity contribution >= 4 is 35.1 Å². The molecule has 0 unspecified atom stereocenters. The molecule has 2 aliphatic rings. The van der Waals surface area contributed by atoms with Crippen molar-refractivity contribution in [1.29, 1.82) is 0 Å². The van der Waals surface area contributed by atoms with Crippen LogP contribution in [0.25, 0.3) is 0 Å². The Hall–Kier alpha value is -3.74. The summed E-state index contributed by atoms with van der Waals surface area (Å²) in [6.07, 6.45) is 12.6. The molecule has 0 radical (unpaired) electrons. The van der Waals surface area contributed by atoms with Crippen molar-refractivity contribution in [3.63, 3.8) is 0 Å². The summed E-state index contributed by atoms with van der Waals surface area (Å²) in [5.74, 6) is -1.83. The molecule has 2 aromatic rings. The van der Waals surface area contributed by atoms with E-state index >= 15 is 0 Å². The molecule has 1 N–H and O–H groups in total. The third-order valence-corrected chi connectivity index (χ3v) is 7.80. The van der Waals surface area contributed by atoms with E-state index in [1.807, 2.05) is 13.0 Å². The second-order valence-electron chi connectivity index (χ2n) is 10.9. The number of rotatable bonds is 13. The molecule has 1 aliphatic heterocycles. The van der Waals surface area contributed by atoms with Crippen LogP contribution in [0.5, 0.6) is 0 Å². The summed E-state index contributed by atoms with van der Waals surface area (Å²) >= 11 is 0. The van der Waals surface area contributed by atoms with Gasteiger partial charge in [-0.15, -0.1) is 0 Å². The smallest absolute Gasteiger partial charge is 0.338 e. The highest BCUT2D eigenvalue weighted by atomic mass is 16.5. The summed E-state index contributed by atoms with van der Waals surface area (Å²) in [4.78, 5) is 52.6. The van der Waals surface area contributed by atoms with Gasteiger partial charge in [0.05, 0.1) is 29.7 Å². The molecule has 1 heterocycles. The van der Waals surface area contributed by atoms with Gasteiger partial charge >= 0.3 is 5.97 Å². The van der Waals surface area contributed by atoms with Crippen molar-refractivity contribution in [1.82, 2.24) is 0 Å². The molecular formula is C33H40N2O5. The highest BCUT2D eigenvalue weighted by Crippen LogP contribution is 2.39. The second-order valence-corrected chi connectivity index (χ2v) is 10.9. The van der Waals surface area contributed by atoms with E-state index in [1.165, 1.54) is 43.4 Å². The van der Waals surface area contributed by atoms with Crippen LogP contribution in [0, 0.1) is 11.8 Å². The SMILES string of the molecule is CCCCCCCCCCOC(=O)c1ccc(NC(=O)c2cccc(N3C(=O)[C@@H]4CC=C(C)C[C@H]4C3=O)c2)cc1. The van der Waals surface area contributed by atoms with E-state index in [9.17, 15) is 19.2 Å². The predicted molar refractivity (Wildman–Crippen MR) is 156 cm³/mol. The van der Waals surface area contributed by atoms with Gasteiger partial charge in [0.1, 0.15) is 0 Å². The van der Waals surface area contributed by atoms with Crippen molar-refractivity contribution in [2.24, 2.45) is 11.8 Å². The van der Waals surface area contributed by atoms with Gasteiger partial charge in [0, 0.05) is 11.3 Å². The number of ether oxygens (including phenoxy) is 1. The van der Waals surface area contributed by atoms with E-state index in [-0.39, 0.29) is 35.5 Å². The van der Waals surface area contributed by atoms with Crippen LogP contribution in [0.2, 0.25) is 0 Å².